The van der Waals surface area contributed by atoms with Crippen molar-refractivity contribution in [2.24, 2.45) is 0 Å². The highest BCUT2D eigenvalue weighted by atomic mass is 16.4. The second-order valence-corrected chi connectivity index (χ2v) is 4.55. The summed E-state index contributed by atoms with van der Waals surface area (Å²) in [5, 5.41) is 9.02. The van der Waals surface area contributed by atoms with Crippen LogP contribution in [-0.2, 0) is 10.3 Å². The number of carbonyl (C=O) groups is 1. The van der Waals surface area contributed by atoms with E-state index in [1.165, 1.54) is 0 Å². The first-order chi connectivity index (χ1) is 7.38. The topological polar surface area (TPSA) is 40.5 Å². The number of hydrogen-bond donors (Lipinski definition) is 1. The van der Waals surface area contributed by atoms with Crippen molar-refractivity contribution in [2.75, 3.05) is 14.1 Å². The lowest BCUT2D eigenvalue weighted by atomic mass is 9.84. The van der Waals surface area contributed by atoms with Gasteiger partial charge in [0, 0.05) is 0 Å². The summed E-state index contributed by atoms with van der Waals surface area (Å²) in [5.74, 6) is -0.778. The van der Waals surface area contributed by atoms with Crippen molar-refractivity contribution in [2.45, 2.75) is 25.8 Å². The Kier molecular flexibility index (Phi) is 3.70. The lowest BCUT2D eigenvalue weighted by molar-refractivity contribution is -0.140. The standard InChI is InChI=1S/C13H19NO2/c1-10-7-5-6-8-11(10)13(2,14(3)4)9-12(15)16/h5-8H,9H2,1-4H3,(H,15,16). The van der Waals surface area contributed by atoms with Crippen LogP contribution in [0.4, 0.5) is 0 Å². The first-order valence-corrected chi connectivity index (χ1v) is 5.33. The Hall–Kier alpha value is -1.35. The quantitative estimate of drug-likeness (QED) is 0.847. The molecular weight excluding hydrogens is 202 g/mol. The molecule has 0 aromatic heterocycles. The number of hydrogen-bond acceptors (Lipinski definition) is 2. The van der Waals surface area contributed by atoms with E-state index >= 15 is 0 Å². The zero-order chi connectivity index (χ0) is 12.3. The normalized spacial score (nSPS) is 14.8. The molecule has 1 rings (SSSR count). The minimum atomic E-state index is -0.778. The first-order valence-electron chi connectivity index (χ1n) is 5.33. The van der Waals surface area contributed by atoms with Crippen molar-refractivity contribution in [3.05, 3.63) is 35.4 Å². The molecule has 0 aliphatic rings. The van der Waals surface area contributed by atoms with Gasteiger partial charge in [-0.25, -0.2) is 0 Å². The predicted molar refractivity (Wildman–Crippen MR) is 64.5 cm³/mol. The van der Waals surface area contributed by atoms with Crippen LogP contribution < -0.4 is 0 Å². The molecular formula is C13H19NO2. The summed E-state index contributed by atoms with van der Waals surface area (Å²) in [6.07, 6.45) is 0.102. The van der Waals surface area contributed by atoms with E-state index in [4.69, 9.17) is 5.11 Å². The van der Waals surface area contributed by atoms with E-state index in [1.807, 2.05) is 57.1 Å². The summed E-state index contributed by atoms with van der Waals surface area (Å²) in [6.45, 7) is 3.97. The van der Waals surface area contributed by atoms with Crippen molar-refractivity contribution in [3.8, 4) is 0 Å². The molecule has 0 aliphatic heterocycles. The third-order valence-electron chi connectivity index (χ3n) is 3.21. The molecule has 0 amide bonds. The van der Waals surface area contributed by atoms with Crippen molar-refractivity contribution in [3.63, 3.8) is 0 Å². The van der Waals surface area contributed by atoms with Crippen molar-refractivity contribution >= 4 is 5.97 Å². The lowest BCUT2D eigenvalue weighted by Gasteiger charge is -2.36. The van der Waals surface area contributed by atoms with Gasteiger partial charge in [0.1, 0.15) is 0 Å². The van der Waals surface area contributed by atoms with Gasteiger partial charge >= 0.3 is 5.97 Å². The molecule has 0 saturated carbocycles. The van der Waals surface area contributed by atoms with Crippen LogP contribution in [-0.4, -0.2) is 30.1 Å². The Morgan fingerprint density at radius 2 is 1.94 bits per heavy atom. The molecule has 16 heavy (non-hydrogen) atoms. The zero-order valence-corrected chi connectivity index (χ0v) is 10.3. The predicted octanol–water partition coefficient (Wildman–Crippen LogP) is 2.25. The molecule has 1 aromatic rings. The smallest absolute Gasteiger partial charge is 0.305 e. The van der Waals surface area contributed by atoms with Crippen LogP contribution in [0.15, 0.2) is 24.3 Å². The number of rotatable bonds is 4. The number of benzene rings is 1. The molecule has 1 N–H and O–H groups in total. The Balaban J connectivity index is 3.21. The van der Waals surface area contributed by atoms with Crippen molar-refractivity contribution < 1.29 is 9.90 Å². The minimum Gasteiger partial charge on any atom is -0.481 e. The fourth-order valence-electron chi connectivity index (χ4n) is 1.97. The van der Waals surface area contributed by atoms with E-state index in [0.29, 0.717) is 0 Å². The average Bonchev–Trinajstić information content (AvgIpc) is 2.16. The molecule has 3 heteroatoms. The van der Waals surface area contributed by atoms with Gasteiger partial charge in [-0.3, -0.25) is 9.69 Å². The molecule has 1 unspecified atom stereocenters. The van der Waals surface area contributed by atoms with Crippen LogP contribution in [0.25, 0.3) is 0 Å². The summed E-state index contributed by atoms with van der Waals surface area (Å²) in [7, 11) is 3.82. The van der Waals surface area contributed by atoms with Crippen LogP contribution >= 0.6 is 0 Å². The maximum Gasteiger partial charge on any atom is 0.305 e. The third kappa shape index (κ3) is 2.42. The van der Waals surface area contributed by atoms with E-state index < -0.39 is 11.5 Å². The zero-order valence-electron chi connectivity index (χ0n) is 10.3. The van der Waals surface area contributed by atoms with Crippen LogP contribution in [0.1, 0.15) is 24.5 Å². The molecule has 0 radical (unpaired) electrons. The summed E-state index contributed by atoms with van der Waals surface area (Å²) < 4.78 is 0. The molecule has 0 fully saturated rings. The van der Waals surface area contributed by atoms with Gasteiger partial charge in [0.25, 0.3) is 0 Å². The van der Waals surface area contributed by atoms with Crippen LogP contribution in [0.2, 0.25) is 0 Å². The van der Waals surface area contributed by atoms with Gasteiger partial charge in [0.2, 0.25) is 0 Å². The lowest BCUT2D eigenvalue weighted by Crippen LogP contribution is -2.41. The fourth-order valence-corrected chi connectivity index (χ4v) is 1.97. The number of nitrogens with zero attached hydrogens (tertiary/aromatic N) is 1. The van der Waals surface area contributed by atoms with Gasteiger partial charge in [-0.05, 0) is 39.1 Å². The fraction of sp³-hybridized carbons (Fsp3) is 0.462. The largest absolute Gasteiger partial charge is 0.481 e. The highest BCUT2D eigenvalue weighted by Crippen LogP contribution is 2.31. The average molecular weight is 221 g/mol. The van der Waals surface area contributed by atoms with Crippen molar-refractivity contribution in [1.29, 1.82) is 0 Å². The van der Waals surface area contributed by atoms with Crippen LogP contribution in [0, 0.1) is 6.92 Å². The number of aliphatic carboxylic acids is 1. The summed E-state index contributed by atoms with van der Waals surface area (Å²) in [6, 6.07) is 7.93. The highest BCUT2D eigenvalue weighted by Gasteiger charge is 2.32. The molecule has 0 saturated heterocycles. The summed E-state index contributed by atoms with van der Waals surface area (Å²) in [5.41, 5.74) is 1.74. The Morgan fingerprint density at radius 3 is 2.38 bits per heavy atom. The van der Waals surface area contributed by atoms with E-state index in [-0.39, 0.29) is 6.42 Å². The molecule has 0 spiro atoms. The van der Waals surface area contributed by atoms with Crippen LogP contribution in [0.3, 0.4) is 0 Å². The maximum atomic E-state index is 11.0. The van der Waals surface area contributed by atoms with Gasteiger partial charge < -0.3 is 5.11 Å². The Morgan fingerprint density at radius 1 is 1.38 bits per heavy atom. The maximum absolute atomic E-state index is 11.0. The number of carboxylic acids is 1. The number of aryl methyl sites for hydroxylation is 1. The Labute approximate surface area is 96.7 Å². The van der Waals surface area contributed by atoms with E-state index in [0.717, 1.165) is 11.1 Å². The molecule has 88 valence electrons. The monoisotopic (exact) mass is 221 g/mol. The molecule has 1 atom stereocenters. The van der Waals surface area contributed by atoms with Gasteiger partial charge in [-0.2, -0.15) is 0 Å². The van der Waals surface area contributed by atoms with E-state index in [9.17, 15) is 4.79 Å². The molecule has 0 aliphatic carbocycles. The Bertz CT molecular complexity index is 387. The third-order valence-corrected chi connectivity index (χ3v) is 3.21. The first kappa shape index (κ1) is 12.7. The highest BCUT2D eigenvalue weighted by molar-refractivity contribution is 5.69. The number of carboxylic acid groups (broad SMARTS) is 1. The molecule has 3 nitrogen and oxygen atoms in total. The minimum absolute atomic E-state index is 0.102. The van der Waals surface area contributed by atoms with Gasteiger partial charge in [0.05, 0.1) is 12.0 Å². The van der Waals surface area contributed by atoms with Gasteiger partial charge in [0.15, 0.2) is 0 Å². The molecule has 0 heterocycles. The van der Waals surface area contributed by atoms with Crippen LogP contribution in [0.5, 0.6) is 0 Å². The summed E-state index contributed by atoms with van der Waals surface area (Å²) >= 11 is 0. The van der Waals surface area contributed by atoms with E-state index in [2.05, 4.69) is 0 Å². The molecule has 0 bridgehead atoms. The van der Waals surface area contributed by atoms with Crippen molar-refractivity contribution in [1.82, 2.24) is 4.90 Å². The second-order valence-electron chi connectivity index (χ2n) is 4.55. The SMILES string of the molecule is Cc1ccccc1C(C)(CC(=O)O)N(C)C. The van der Waals surface area contributed by atoms with Gasteiger partial charge in [-0.1, -0.05) is 24.3 Å². The molecule has 1 aromatic carbocycles. The summed E-state index contributed by atoms with van der Waals surface area (Å²) in [4.78, 5) is 12.9. The van der Waals surface area contributed by atoms with E-state index in [1.54, 1.807) is 0 Å². The van der Waals surface area contributed by atoms with Gasteiger partial charge in [-0.15, -0.1) is 0 Å². The second kappa shape index (κ2) is 4.66.